The van der Waals surface area contributed by atoms with E-state index >= 15 is 0 Å². The van der Waals surface area contributed by atoms with E-state index in [0.29, 0.717) is 6.04 Å². The van der Waals surface area contributed by atoms with Crippen molar-refractivity contribution >= 4 is 5.82 Å². The van der Waals surface area contributed by atoms with Crippen molar-refractivity contribution in [2.75, 3.05) is 25.5 Å². The van der Waals surface area contributed by atoms with Crippen LogP contribution in [0.25, 0.3) is 0 Å². The van der Waals surface area contributed by atoms with Gasteiger partial charge in [0.15, 0.2) is 0 Å². The lowest BCUT2D eigenvalue weighted by atomic mass is 10.0. The van der Waals surface area contributed by atoms with Gasteiger partial charge in [-0.25, -0.2) is 4.98 Å². The van der Waals surface area contributed by atoms with E-state index in [0.717, 1.165) is 12.4 Å². The van der Waals surface area contributed by atoms with E-state index in [1.54, 1.807) is 0 Å². The highest BCUT2D eigenvalue weighted by atomic mass is 15.1. The van der Waals surface area contributed by atoms with Crippen LogP contribution in [-0.2, 0) is 0 Å². The Labute approximate surface area is 105 Å². The lowest BCUT2D eigenvalue weighted by molar-refractivity contribution is 0.493. The molecule has 1 atom stereocenters. The van der Waals surface area contributed by atoms with Gasteiger partial charge in [0, 0.05) is 26.3 Å². The highest BCUT2D eigenvalue weighted by molar-refractivity contribution is 5.37. The Hall–Kier alpha value is -1.09. The molecule has 0 fully saturated rings. The van der Waals surface area contributed by atoms with Crippen LogP contribution in [0.5, 0.6) is 0 Å². The summed E-state index contributed by atoms with van der Waals surface area (Å²) in [5, 5.41) is 3.58. The summed E-state index contributed by atoms with van der Waals surface area (Å²) < 4.78 is 0. The highest BCUT2D eigenvalue weighted by Gasteiger charge is 2.10. The van der Waals surface area contributed by atoms with Gasteiger partial charge in [0.25, 0.3) is 0 Å². The first-order chi connectivity index (χ1) is 8.19. The average Bonchev–Trinajstić information content (AvgIpc) is 2.34. The molecule has 3 heteroatoms. The SMILES string of the molecule is CCCNC(CCC)c1ccc(N(C)C)nc1. The van der Waals surface area contributed by atoms with Gasteiger partial charge < -0.3 is 10.2 Å². The number of hydrogen-bond donors (Lipinski definition) is 1. The predicted octanol–water partition coefficient (Wildman–Crippen LogP) is 2.99. The minimum absolute atomic E-state index is 0.448. The summed E-state index contributed by atoms with van der Waals surface area (Å²) in [5.41, 5.74) is 1.30. The summed E-state index contributed by atoms with van der Waals surface area (Å²) in [6.07, 6.45) is 5.53. The normalized spacial score (nSPS) is 12.5. The maximum absolute atomic E-state index is 4.48. The molecule has 1 N–H and O–H groups in total. The van der Waals surface area contributed by atoms with E-state index in [4.69, 9.17) is 0 Å². The van der Waals surface area contributed by atoms with Crippen molar-refractivity contribution in [3.63, 3.8) is 0 Å². The lowest BCUT2D eigenvalue weighted by Gasteiger charge is -2.19. The Kier molecular flexibility index (Phi) is 5.98. The van der Waals surface area contributed by atoms with E-state index in [2.05, 4.69) is 36.3 Å². The number of rotatable bonds is 7. The van der Waals surface area contributed by atoms with Crippen LogP contribution in [0.3, 0.4) is 0 Å². The first-order valence-electron chi connectivity index (χ1n) is 6.55. The second-order valence-corrected chi connectivity index (χ2v) is 4.64. The number of nitrogens with one attached hydrogen (secondary N) is 1. The van der Waals surface area contributed by atoms with Crippen LogP contribution in [0, 0.1) is 0 Å². The number of aromatic nitrogens is 1. The summed E-state index contributed by atoms with van der Waals surface area (Å²) in [7, 11) is 4.03. The summed E-state index contributed by atoms with van der Waals surface area (Å²) in [6, 6.07) is 4.72. The zero-order valence-corrected chi connectivity index (χ0v) is 11.5. The molecule has 0 bridgehead atoms. The molecule has 1 unspecified atom stereocenters. The number of pyridine rings is 1. The van der Waals surface area contributed by atoms with Crippen LogP contribution in [0.4, 0.5) is 5.82 Å². The highest BCUT2D eigenvalue weighted by Crippen LogP contribution is 2.19. The van der Waals surface area contributed by atoms with Crippen LogP contribution >= 0.6 is 0 Å². The monoisotopic (exact) mass is 235 g/mol. The van der Waals surface area contributed by atoms with E-state index < -0.39 is 0 Å². The average molecular weight is 235 g/mol. The molecule has 0 aromatic carbocycles. The smallest absolute Gasteiger partial charge is 0.127 e. The predicted molar refractivity (Wildman–Crippen MR) is 74.5 cm³/mol. The Morgan fingerprint density at radius 3 is 2.47 bits per heavy atom. The second-order valence-electron chi connectivity index (χ2n) is 4.64. The van der Waals surface area contributed by atoms with Crippen LogP contribution in [0.1, 0.15) is 44.7 Å². The maximum Gasteiger partial charge on any atom is 0.127 e. The molecule has 0 aliphatic rings. The molecule has 0 saturated heterocycles. The van der Waals surface area contributed by atoms with Crippen LogP contribution in [0.2, 0.25) is 0 Å². The fraction of sp³-hybridized carbons (Fsp3) is 0.643. The van der Waals surface area contributed by atoms with Gasteiger partial charge in [0.05, 0.1) is 0 Å². The molecule has 96 valence electrons. The molecule has 0 saturated carbocycles. The topological polar surface area (TPSA) is 28.2 Å². The zero-order valence-electron chi connectivity index (χ0n) is 11.5. The maximum atomic E-state index is 4.48. The summed E-state index contributed by atoms with van der Waals surface area (Å²) >= 11 is 0. The van der Waals surface area contributed by atoms with Crippen LogP contribution in [0.15, 0.2) is 18.3 Å². The van der Waals surface area contributed by atoms with Crippen molar-refractivity contribution in [3.8, 4) is 0 Å². The van der Waals surface area contributed by atoms with Crippen molar-refractivity contribution in [2.45, 2.75) is 39.2 Å². The molecule has 0 aliphatic heterocycles. The first kappa shape index (κ1) is 14.0. The van der Waals surface area contributed by atoms with Gasteiger partial charge in [-0.3, -0.25) is 0 Å². The summed E-state index contributed by atoms with van der Waals surface area (Å²) in [6.45, 7) is 5.49. The second kappa shape index (κ2) is 7.28. The molecular weight excluding hydrogens is 210 g/mol. The van der Waals surface area contributed by atoms with Crippen molar-refractivity contribution in [1.82, 2.24) is 10.3 Å². The number of nitrogens with zero attached hydrogens (tertiary/aromatic N) is 2. The quantitative estimate of drug-likeness (QED) is 0.787. The third kappa shape index (κ3) is 4.35. The zero-order chi connectivity index (χ0) is 12.7. The molecule has 3 nitrogen and oxygen atoms in total. The Morgan fingerprint density at radius 1 is 1.24 bits per heavy atom. The largest absolute Gasteiger partial charge is 0.363 e. The molecule has 1 heterocycles. The van der Waals surface area contributed by atoms with E-state index in [-0.39, 0.29) is 0 Å². The van der Waals surface area contributed by atoms with Crippen molar-refractivity contribution in [2.24, 2.45) is 0 Å². The number of hydrogen-bond acceptors (Lipinski definition) is 3. The fourth-order valence-electron chi connectivity index (χ4n) is 1.86. The molecule has 0 aliphatic carbocycles. The Balaban J connectivity index is 2.72. The van der Waals surface area contributed by atoms with Gasteiger partial charge in [0.2, 0.25) is 0 Å². The third-order valence-corrected chi connectivity index (χ3v) is 2.85. The van der Waals surface area contributed by atoms with Crippen molar-refractivity contribution in [3.05, 3.63) is 23.9 Å². The van der Waals surface area contributed by atoms with E-state index in [1.807, 2.05) is 25.2 Å². The third-order valence-electron chi connectivity index (χ3n) is 2.85. The van der Waals surface area contributed by atoms with Crippen LogP contribution < -0.4 is 10.2 Å². The van der Waals surface area contributed by atoms with Crippen LogP contribution in [-0.4, -0.2) is 25.6 Å². The van der Waals surface area contributed by atoms with Gasteiger partial charge in [0.1, 0.15) is 5.82 Å². The van der Waals surface area contributed by atoms with Gasteiger partial charge in [-0.15, -0.1) is 0 Å². The van der Waals surface area contributed by atoms with Gasteiger partial charge in [-0.2, -0.15) is 0 Å². The van der Waals surface area contributed by atoms with Crippen molar-refractivity contribution in [1.29, 1.82) is 0 Å². The number of anilines is 1. The van der Waals surface area contributed by atoms with E-state index in [1.165, 1.54) is 24.8 Å². The molecule has 0 amide bonds. The molecular formula is C14H25N3. The molecule has 1 rings (SSSR count). The molecule has 1 aromatic rings. The Bertz CT molecular complexity index is 306. The van der Waals surface area contributed by atoms with E-state index in [9.17, 15) is 0 Å². The standard InChI is InChI=1S/C14H25N3/c1-5-7-13(15-10-6-2)12-8-9-14(16-11-12)17(3)4/h8-9,11,13,15H,5-7,10H2,1-4H3. The fourth-order valence-corrected chi connectivity index (χ4v) is 1.86. The summed E-state index contributed by atoms with van der Waals surface area (Å²) in [4.78, 5) is 6.50. The molecule has 17 heavy (non-hydrogen) atoms. The van der Waals surface area contributed by atoms with Gasteiger partial charge in [-0.05, 0) is 31.0 Å². The molecule has 0 spiro atoms. The first-order valence-corrected chi connectivity index (χ1v) is 6.55. The molecule has 1 aromatic heterocycles. The molecule has 0 radical (unpaired) electrons. The lowest BCUT2D eigenvalue weighted by Crippen LogP contribution is -2.22. The summed E-state index contributed by atoms with van der Waals surface area (Å²) in [5.74, 6) is 1.01. The van der Waals surface area contributed by atoms with Gasteiger partial charge in [-0.1, -0.05) is 26.3 Å². The van der Waals surface area contributed by atoms with Gasteiger partial charge >= 0.3 is 0 Å². The van der Waals surface area contributed by atoms with Crippen molar-refractivity contribution < 1.29 is 0 Å². The Morgan fingerprint density at radius 2 is 2.00 bits per heavy atom. The minimum Gasteiger partial charge on any atom is -0.363 e. The minimum atomic E-state index is 0.448.